The molecule has 130 valence electrons. The third-order valence-corrected chi connectivity index (χ3v) is 5.59. The zero-order chi connectivity index (χ0) is 18.4. The quantitative estimate of drug-likeness (QED) is 0.633. The standard InChI is InChI=1S/C16H16BN7OS/c1-7-8(2)22-23-15-11(7)12(18)13(26-15)14(25)21-10-5-24(6-10)16-19-3-9(17)4-20-16/h3-4,10H,5-6,18H2,1-2H3,(H,21,25). The summed E-state index contributed by atoms with van der Waals surface area (Å²) in [6, 6.07) is 0.0159. The van der Waals surface area contributed by atoms with Crippen LogP contribution in [0.1, 0.15) is 20.9 Å². The summed E-state index contributed by atoms with van der Waals surface area (Å²) >= 11 is 1.27. The molecule has 3 aromatic rings. The number of amides is 1. The van der Waals surface area contributed by atoms with Crippen LogP contribution in [-0.2, 0) is 0 Å². The Morgan fingerprint density at radius 3 is 2.69 bits per heavy atom. The van der Waals surface area contributed by atoms with Crippen molar-refractivity contribution in [3.05, 3.63) is 28.5 Å². The number of fused-ring (bicyclic) bond motifs is 1. The fraction of sp³-hybridized carbons (Fsp3) is 0.312. The molecule has 26 heavy (non-hydrogen) atoms. The molecule has 4 heterocycles. The summed E-state index contributed by atoms with van der Waals surface area (Å²) in [6.07, 6.45) is 3.13. The first-order valence-electron chi connectivity index (χ1n) is 8.09. The lowest BCUT2D eigenvalue weighted by atomic mass is 10.0. The van der Waals surface area contributed by atoms with Gasteiger partial charge in [0.1, 0.15) is 17.6 Å². The molecule has 0 spiro atoms. The van der Waals surface area contributed by atoms with Crippen molar-refractivity contribution < 1.29 is 4.79 Å². The van der Waals surface area contributed by atoms with Crippen LogP contribution in [0, 0.1) is 13.8 Å². The van der Waals surface area contributed by atoms with E-state index in [-0.39, 0.29) is 11.9 Å². The molecule has 4 rings (SSSR count). The molecule has 0 unspecified atom stereocenters. The zero-order valence-electron chi connectivity index (χ0n) is 14.4. The molecule has 8 nitrogen and oxygen atoms in total. The Bertz CT molecular complexity index is 998. The Kier molecular flexibility index (Phi) is 3.99. The van der Waals surface area contributed by atoms with Gasteiger partial charge in [0, 0.05) is 30.9 Å². The van der Waals surface area contributed by atoms with Gasteiger partial charge in [0.05, 0.1) is 17.4 Å². The predicted molar refractivity (Wildman–Crippen MR) is 102 cm³/mol. The summed E-state index contributed by atoms with van der Waals surface area (Å²) in [5.74, 6) is 0.415. The topological polar surface area (TPSA) is 110 Å². The Hall–Kier alpha value is -2.75. The van der Waals surface area contributed by atoms with Crippen molar-refractivity contribution >= 4 is 52.4 Å². The van der Waals surface area contributed by atoms with Crippen molar-refractivity contribution in [1.82, 2.24) is 25.5 Å². The van der Waals surface area contributed by atoms with E-state index in [0.717, 1.165) is 16.6 Å². The van der Waals surface area contributed by atoms with Crippen molar-refractivity contribution in [3.8, 4) is 0 Å². The Morgan fingerprint density at radius 2 is 2.00 bits per heavy atom. The maximum Gasteiger partial charge on any atom is 0.263 e. The van der Waals surface area contributed by atoms with E-state index >= 15 is 0 Å². The minimum atomic E-state index is -0.189. The largest absolute Gasteiger partial charge is 0.397 e. The lowest BCUT2D eigenvalue weighted by Gasteiger charge is -2.39. The number of aromatic nitrogens is 4. The van der Waals surface area contributed by atoms with Crippen molar-refractivity contribution in [3.63, 3.8) is 0 Å². The van der Waals surface area contributed by atoms with Gasteiger partial charge in [0.15, 0.2) is 0 Å². The zero-order valence-corrected chi connectivity index (χ0v) is 15.2. The van der Waals surface area contributed by atoms with Gasteiger partial charge in [0.25, 0.3) is 5.91 Å². The van der Waals surface area contributed by atoms with Crippen LogP contribution in [0.15, 0.2) is 12.4 Å². The molecule has 1 aliphatic heterocycles. The molecule has 1 fully saturated rings. The molecule has 1 aliphatic rings. The van der Waals surface area contributed by atoms with Crippen LogP contribution in [0.25, 0.3) is 10.2 Å². The van der Waals surface area contributed by atoms with Crippen LogP contribution in [0.4, 0.5) is 11.6 Å². The number of hydrogen-bond donors (Lipinski definition) is 2. The average molecular weight is 365 g/mol. The number of nitrogens with two attached hydrogens (primary N) is 1. The van der Waals surface area contributed by atoms with Gasteiger partial charge in [-0.05, 0) is 19.4 Å². The Morgan fingerprint density at radius 1 is 1.31 bits per heavy atom. The lowest BCUT2D eigenvalue weighted by molar-refractivity contribution is 0.0935. The summed E-state index contributed by atoms with van der Waals surface area (Å²) in [4.78, 5) is 24.1. The van der Waals surface area contributed by atoms with Crippen LogP contribution < -0.4 is 21.4 Å². The van der Waals surface area contributed by atoms with Gasteiger partial charge in [-0.3, -0.25) is 4.79 Å². The van der Waals surface area contributed by atoms with Gasteiger partial charge in [-0.25, -0.2) is 9.97 Å². The van der Waals surface area contributed by atoms with E-state index in [1.807, 2.05) is 18.7 Å². The van der Waals surface area contributed by atoms with E-state index in [4.69, 9.17) is 13.6 Å². The van der Waals surface area contributed by atoms with Crippen molar-refractivity contribution in [2.75, 3.05) is 23.7 Å². The number of rotatable bonds is 3. The third-order valence-electron chi connectivity index (χ3n) is 4.50. The smallest absolute Gasteiger partial charge is 0.263 e. The second-order valence-corrected chi connectivity index (χ2v) is 7.33. The normalized spacial score (nSPS) is 14.5. The number of carbonyl (C=O) groups excluding carboxylic acids is 1. The molecule has 3 aromatic heterocycles. The van der Waals surface area contributed by atoms with E-state index in [2.05, 4.69) is 25.5 Å². The highest BCUT2D eigenvalue weighted by Gasteiger charge is 2.31. The van der Waals surface area contributed by atoms with E-state index in [1.165, 1.54) is 11.3 Å². The maximum absolute atomic E-state index is 12.6. The summed E-state index contributed by atoms with van der Waals surface area (Å²) in [5.41, 5.74) is 8.98. The summed E-state index contributed by atoms with van der Waals surface area (Å²) in [7, 11) is 5.59. The van der Waals surface area contributed by atoms with E-state index in [0.29, 0.717) is 39.9 Å². The van der Waals surface area contributed by atoms with Crippen LogP contribution in [0.5, 0.6) is 0 Å². The molecule has 0 aliphatic carbocycles. The predicted octanol–water partition coefficient (Wildman–Crippen LogP) is 0.0927. The number of aryl methyl sites for hydroxylation is 2. The number of carbonyl (C=O) groups is 1. The van der Waals surface area contributed by atoms with Crippen LogP contribution in [-0.4, -0.2) is 53.1 Å². The highest BCUT2D eigenvalue weighted by atomic mass is 32.1. The fourth-order valence-electron chi connectivity index (χ4n) is 2.89. The highest BCUT2D eigenvalue weighted by molar-refractivity contribution is 7.21. The Labute approximate surface area is 155 Å². The number of nitrogen functional groups attached to an aromatic ring is 1. The molecule has 1 amide bonds. The Balaban J connectivity index is 1.46. The van der Waals surface area contributed by atoms with Crippen molar-refractivity contribution in [2.24, 2.45) is 0 Å². The molecule has 0 bridgehead atoms. The second kappa shape index (κ2) is 6.20. The van der Waals surface area contributed by atoms with E-state index < -0.39 is 0 Å². The first kappa shape index (κ1) is 16.7. The fourth-order valence-corrected chi connectivity index (χ4v) is 3.89. The van der Waals surface area contributed by atoms with Gasteiger partial charge >= 0.3 is 0 Å². The molecule has 3 N–H and O–H groups in total. The minimum Gasteiger partial charge on any atom is -0.397 e. The van der Waals surface area contributed by atoms with Crippen molar-refractivity contribution in [1.29, 1.82) is 0 Å². The first-order chi connectivity index (χ1) is 12.4. The number of nitrogens with zero attached hydrogens (tertiary/aromatic N) is 5. The van der Waals surface area contributed by atoms with E-state index in [9.17, 15) is 4.79 Å². The summed E-state index contributed by atoms with van der Waals surface area (Å²) < 4.78 is 0. The minimum absolute atomic E-state index is 0.0159. The number of nitrogens with one attached hydrogen (secondary N) is 1. The third kappa shape index (κ3) is 2.76. The number of anilines is 2. The van der Waals surface area contributed by atoms with E-state index in [1.54, 1.807) is 12.4 Å². The van der Waals surface area contributed by atoms with Crippen LogP contribution >= 0.6 is 11.3 Å². The highest BCUT2D eigenvalue weighted by Crippen LogP contribution is 2.34. The summed E-state index contributed by atoms with van der Waals surface area (Å²) in [5, 5.41) is 12.1. The molecule has 2 radical (unpaired) electrons. The average Bonchev–Trinajstić information content (AvgIpc) is 2.92. The maximum atomic E-state index is 12.6. The molecule has 10 heteroatoms. The SMILES string of the molecule is [B]c1cnc(N2CC(NC(=O)c3sc4nnc(C)c(C)c4c3N)C2)nc1. The van der Waals surface area contributed by atoms with Crippen LogP contribution in [0.3, 0.4) is 0 Å². The molecule has 0 atom stereocenters. The molecular formula is C16H16BN7OS. The van der Waals surface area contributed by atoms with Crippen LogP contribution in [0.2, 0.25) is 0 Å². The van der Waals surface area contributed by atoms with Gasteiger partial charge in [-0.1, -0.05) is 5.46 Å². The second-order valence-electron chi connectivity index (χ2n) is 6.33. The van der Waals surface area contributed by atoms with Gasteiger partial charge in [0.2, 0.25) is 5.95 Å². The lowest BCUT2D eigenvalue weighted by Crippen LogP contribution is -2.60. The van der Waals surface area contributed by atoms with Gasteiger partial charge in [-0.15, -0.1) is 16.4 Å². The summed E-state index contributed by atoms with van der Waals surface area (Å²) in [6.45, 7) is 5.09. The number of hydrogen-bond acceptors (Lipinski definition) is 8. The number of thiophene rings is 1. The molecular weight excluding hydrogens is 349 g/mol. The first-order valence-corrected chi connectivity index (χ1v) is 8.91. The van der Waals surface area contributed by atoms with Gasteiger partial charge in [-0.2, -0.15) is 5.10 Å². The monoisotopic (exact) mass is 365 g/mol. The molecule has 0 saturated carbocycles. The van der Waals surface area contributed by atoms with Gasteiger partial charge < -0.3 is 16.0 Å². The molecule has 1 saturated heterocycles. The molecule has 0 aromatic carbocycles. The van der Waals surface area contributed by atoms with Crippen molar-refractivity contribution in [2.45, 2.75) is 19.9 Å².